The van der Waals surface area contributed by atoms with Crippen LogP contribution in [0.5, 0.6) is 11.6 Å². The van der Waals surface area contributed by atoms with Crippen molar-refractivity contribution < 1.29 is 27.4 Å². The van der Waals surface area contributed by atoms with Gasteiger partial charge in [-0.1, -0.05) is 32.4 Å². The lowest BCUT2D eigenvalue weighted by atomic mass is 9.63. The van der Waals surface area contributed by atoms with E-state index in [1.54, 1.807) is 18.3 Å². The minimum atomic E-state index is -4.56. The summed E-state index contributed by atoms with van der Waals surface area (Å²) in [5, 5.41) is 3.04. The van der Waals surface area contributed by atoms with Crippen molar-refractivity contribution >= 4 is 11.6 Å². The molecule has 218 valence electrons. The molecule has 2 atom stereocenters. The highest BCUT2D eigenvalue weighted by molar-refractivity contribution is 5.96. The minimum absolute atomic E-state index is 0.0260. The Morgan fingerprint density at radius 2 is 1.93 bits per heavy atom. The van der Waals surface area contributed by atoms with Crippen molar-refractivity contribution in [2.75, 3.05) is 37.7 Å². The van der Waals surface area contributed by atoms with Crippen LogP contribution >= 0.6 is 0 Å². The molecular weight excluding hydrogens is 533 g/mol. The second kappa shape index (κ2) is 11.6. The van der Waals surface area contributed by atoms with Crippen LogP contribution in [-0.2, 0) is 11.6 Å². The summed E-state index contributed by atoms with van der Waals surface area (Å²) in [7, 11) is 0. The first-order chi connectivity index (χ1) is 19.7. The number of alkyl halides is 3. The smallest absolute Gasteiger partial charge is 0.421 e. The molecule has 0 saturated carbocycles. The van der Waals surface area contributed by atoms with Crippen LogP contribution in [0.2, 0.25) is 0 Å². The van der Waals surface area contributed by atoms with Gasteiger partial charge in [0.1, 0.15) is 17.0 Å². The normalized spacial score (nSPS) is 20.5. The van der Waals surface area contributed by atoms with Crippen LogP contribution < -0.4 is 19.7 Å². The van der Waals surface area contributed by atoms with Gasteiger partial charge in [-0.05, 0) is 61.6 Å². The molecule has 1 saturated heterocycles. The number of fused-ring (bicyclic) bond motifs is 2. The number of carbonyl (C=O) groups is 1. The van der Waals surface area contributed by atoms with Crippen molar-refractivity contribution in [1.29, 1.82) is 0 Å². The first-order valence-electron chi connectivity index (χ1n) is 14.2. The predicted octanol–water partition coefficient (Wildman–Crippen LogP) is 6.27. The summed E-state index contributed by atoms with van der Waals surface area (Å²) >= 11 is 0. The van der Waals surface area contributed by atoms with E-state index in [0.29, 0.717) is 61.9 Å². The molecule has 1 aromatic carbocycles. The van der Waals surface area contributed by atoms with Gasteiger partial charge >= 0.3 is 6.18 Å². The van der Waals surface area contributed by atoms with Gasteiger partial charge in [-0.25, -0.2) is 9.97 Å². The number of ether oxygens (including phenoxy) is 2. The van der Waals surface area contributed by atoms with Gasteiger partial charge in [0.2, 0.25) is 5.88 Å². The van der Waals surface area contributed by atoms with E-state index < -0.39 is 17.2 Å². The zero-order chi connectivity index (χ0) is 29.2. The summed E-state index contributed by atoms with van der Waals surface area (Å²) in [5.74, 6) is 0.0198. The second-order valence-corrected chi connectivity index (χ2v) is 10.5. The van der Waals surface area contributed by atoms with Crippen LogP contribution in [0.1, 0.15) is 61.6 Å². The molecule has 10 heteroatoms. The molecule has 2 aromatic heterocycles. The van der Waals surface area contributed by atoms with Gasteiger partial charge < -0.3 is 19.7 Å². The van der Waals surface area contributed by atoms with Crippen molar-refractivity contribution in [3.05, 3.63) is 65.5 Å². The molecule has 2 aliphatic rings. The third-order valence-corrected chi connectivity index (χ3v) is 8.17. The maximum atomic E-state index is 14.3. The molecule has 41 heavy (non-hydrogen) atoms. The number of aromatic nitrogens is 2. The molecule has 2 aliphatic heterocycles. The Balaban J connectivity index is 1.51. The largest absolute Gasteiger partial charge is 0.493 e. The number of pyridine rings is 2. The molecule has 1 amide bonds. The van der Waals surface area contributed by atoms with Crippen LogP contribution in [-0.4, -0.2) is 48.7 Å². The van der Waals surface area contributed by atoms with Crippen LogP contribution in [0.15, 0.2) is 48.7 Å². The maximum Gasteiger partial charge on any atom is 0.421 e. The fourth-order valence-electron chi connectivity index (χ4n) is 6.24. The monoisotopic (exact) mass is 568 g/mol. The molecule has 1 spiro atoms. The highest BCUT2D eigenvalue weighted by atomic mass is 19.4. The Morgan fingerprint density at radius 3 is 2.66 bits per heavy atom. The fraction of sp³-hybridized carbons (Fsp3) is 0.452. The number of hydrogen-bond donors (Lipinski definition) is 1. The van der Waals surface area contributed by atoms with Crippen molar-refractivity contribution in [2.24, 2.45) is 5.92 Å². The van der Waals surface area contributed by atoms with Gasteiger partial charge in [-0.2, -0.15) is 13.2 Å². The van der Waals surface area contributed by atoms with Crippen LogP contribution in [0.3, 0.4) is 0 Å². The SMILES string of the molecule is CCCOc1cccc(N2CCC3(CNC(=O)c4nc(-c5cccnc5OCC)ccc43)C(CC)C2)c1C(F)(F)F. The average Bonchev–Trinajstić information content (AvgIpc) is 2.98. The van der Waals surface area contributed by atoms with E-state index in [9.17, 15) is 18.0 Å². The van der Waals surface area contributed by atoms with Gasteiger partial charge in [0, 0.05) is 31.2 Å². The number of piperidine rings is 1. The Hall–Kier alpha value is -3.82. The molecule has 3 aromatic rings. The second-order valence-electron chi connectivity index (χ2n) is 10.5. The Kier molecular flexibility index (Phi) is 8.11. The third-order valence-electron chi connectivity index (χ3n) is 8.17. The fourth-order valence-corrected chi connectivity index (χ4v) is 6.24. The maximum absolute atomic E-state index is 14.3. The van der Waals surface area contributed by atoms with Gasteiger partial charge in [-0.15, -0.1) is 0 Å². The van der Waals surface area contributed by atoms with E-state index in [2.05, 4.69) is 10.3 Å². The summed E-state index contributed by atoms with van der Waals surface area (Å²) < 4.78 is 54.2. The van der Waals surface area contributed by atoms with Gasteiger partial charge in [0.25, 0.3) is 5.91 Å². The molecule has 5 rings (SSSR count). The number of benzene rings is 1. The Labute approximate surface area is 238 Å². The average molecular weight is 569 g/mol. The number of carbonyl (C=O) groups excluding carboxylic acids is 1. The number of anilines is 1. The van der Waals surface area contributed by atoms with E-state index >= 15 is 0 Å². The standard InChI is InChI=1S/C31H35F3N4O3/c1-4-17-41-25-11-7-10-24(26(25)31(32,33)34)38-16-14-30(20(5-2)18-38)19-36-28(39)27-22(30)12-13-23(37-27)21-9-8-15-35-29(21)40-6-3/h7-13,15,20H,4-6,14,16-19H2,1-3H3,(H,36,39). The predicted molar refractivity (Wildman–Crippen MR) is 150 cm³/mol. The third kappa shape index (κ3) is 5.31. The molecule has 1 fully saturated rings. The molecule has 4 heterocycles. The van der Waals surface area contributed by atoms with E-state index in [4.69, 9.17) is 14.5 Å². The Morgan fingerprint density at radius 1 is 1.10 bits per heavy atom. The lowest BCUT2D eigenvalue weighted by Crippen LogP contribution is -2.58. The topological polar surface area (TPSA) is 76.6 Å². The molecular formula is C31H35F3N4O3. The first-order valence-corrected chi connectivity index (χ1v) is 14.2. The van der Waals surface area contributed by atoms with Gasteiger partial charge in [-0.3, -0.25) is 4.79 Å². The summed E-state index contributed by atoms with van der Waals surface area (Å²) in [4.78, 5) is 24.0. The van der Waals surface area contributed by atoms with E-state index in [1.807, 2.05) is 43.9 Å². The lowest BCUT2D eigenvalue weighted by molar-refractivity contribution is -0.138. The molecule has 1 N–H and O–H groups in total. The number of nitrogens with zero attached hydrogens (tertiary/aromatic N) is 3. The molecule has 0 bridgehead atoms. The number of hydrogen-bond acceptors (Lipinski definition) is 6. The quantitative estimate of drug-likeness (QED) is 0.345. The van der Waals surface area contributed by atoms with Crippen LogP contribution in [0, 0.1) is 5.92 Å². The number of amides is 1. The summed E-state index contributed by atoms with van der Waals surface area (Å²) in [6.45, 7) is 7.65. The first kappa shape index (κ1) is 28.7. The number of rotatable bonds is 8. The van der Waals surface area contributed by atoms with Gasteiger partial charge in [0.15, 0.2) is 0 Å². The molecule has 0 radical (unpaired) electrons. The van der Waals surface area contributed by atoms with E-state index in [1.165, 1.54) is 12.1 Å². The molecule has 7 nitrogen and oxygen atoms in total. The van der Waals surface area contributed by atoms with Crippen LogP contribution in [0.25, 0.3) is 11.3 Å². The summed E-state index contributed by atoms with van der Waals surface area (Å²) in [5.41, 5.74) is 1.41. The van der Waals surface area contributed by atoms with E-state index in [-0.39, 0.29) is 29.9 Å². The highest BCUT2D eigenvalue weighted by Crippen LogP contribution is 2.48. The van der Waals surface area contributed by atoms with Crippen molar-refractivity contribution in [1.82, 2.24) is 15.3 Å². The summed E-state index contributed by atoms with van der Waals surface area (Å²) in [6, 6.07) is 12.0. The van der Waals surface area contributed by atoms with Crippen molar-refractivity contribution in [2.45, 2.75) is 51.6 Å². The van der Waals surface area contributed by atoms with E-state index in [0.717, 1.165) is 12.0 Å². The number of halogens is 3. The minimum Gasteiger partial charge on any atom is -0.493 e. The summed E-state index contributed by atoms with van der Waals surface area (Å²) in [6.07, 6.45) is -1.02. The van der Waals surface area contributed by atoms with Crippen LogP contribution in [0.4, 0.5) is 18.9 Å². The Bertz CT molecular complexity index is 1410. The molecule has 0 aliphatic carbocycles. The zero-order valence-corrected chi connectivity index (χ0v) is 23.6. The van der Waals surface area contributed by atoms with Crippen molar-refractivity contribution in [3.63, 3.8) is 0 Å². The lowest BCUT2D eigenvalue weighted by Gasteiger charge is -2.51. The van der Waals surface area contributed by atoms with Crippen molar-refractivity contribution in [3.8, 4) is 22.9 Å². The molecule has 2 unspecified atom stereocenters. The van der Waals surface area contributed by atoms with Gasteiger partial charge in [0.05, 0.1) is 30.2 Å². The number of nitrogens with one attached hydrogen (secondary N) is 1. The highest BCUT2D eigenvalue weighted by Gasteiger charge is 2.49. The zero-order valence-electron chi connectivity index (χ0n) is 23.6.